The first-order valence-electron chi connectivity index (χ1n) is 4.88. The van der Waals surface area contributed by atoms with Gasteiger partial charge in [-0.3, -0.25) is 5.10 Å². The Bertz CT molecular complexity index is 682. The van der Waals surface area contributed by atoms with Gasteiger partial charge in [-0.05, 0) is 18.5 Å². The zero-order valence-electron chi connectivity index (χ0n) is 9.60. The lowest BCUT2D eigenvalue weighted by Crippen LogP contribution is -2.04. The monoisotopic (exact) mass is 287 g/mol. The molecular formula is C9H10ClN5O2S. The molecule has 96 valence electrons. The van der Waals surface area contributed by atoms with Crippen LogP contribution in [-0.4, -0.2) is 34.8 Å². The number of nitrogens with zero attached hydrogens (tertiary/aromatic N) is 3. The normalized spacial score (nSPS) is 11.5. The molecule has 2 aromatic heterocycles. The van der Waals surface area contributed by atoms with E-state index in [0.29, 0.717) is 5.82 Å². The SMILES string of the molecule is Cc1cc(Nc2cc(S(C)(=O)=O)nc(Cl)n2)n[nH]1. The van der Waals surface area contributed by atoms with E-state index in [4.69, 9.17) is 11.6 Å². The lowest BCUT2D eigenvalue weighted by atomic mass is 10.4. The molecule has 2 heterocycles. The Balaban J connectivity index is 2.37. The molecule has 0 radical (unpaired) electrons. The highest BCUT2D eigenvalue weighted by Gasteiger charge is 2.13. The average molecular weight is 288 g/mol. The first-order chi connectivity index (χ1) is 8.34. The Kier molecular flexibility index (Phi) is 3.22. The highest BCUT2D eigenvalue weighted by molar-refractivity contribution is 7.90. The fourth-order valence-electron chi connectivity index (χ4n) is 1.26. The van der Waals surface area contributed by atoms with Gasteiger partial charge in [0.15, 0.2) is 20.7 Å². The van der Waals surface area contributed by atoms with E-state index in [0.717, 1.165) is 11.9 Å². The highest BCUT2D eigenvalue weighted by Crippen LogP contribution is 2.18. The molecule has 0 saturated carbocycles. The van der Waals surface area contributed by atoms with Gasteiger partial charge in [0.05, 0.1) is 0 Å². The van der Waals surface area contributed by atoms with E-state index in [2.05, 4.69) is 25.5 Å². The maximum absolute atomic E-state index is 11.4. The number of aromatic nitrogens is 4. The molecule has 0 unspecified atom stereocenters. The van der Waals surface area contributed by atoms with Crippen molar-refractivity contribution in [2.45, 2.75) is 11.9 Å². The summed E-state index contributed by atoms with van der Waals surface area (Å²) in [4.78, 5) is 7.53. The van der Waals surface area contributed by atoms with Crippen molar-refractivity contribution in [1.29, 1.82) is 0 Å². The van der Waals surface area contributed by atoms with Crippen LogP contribution in [0.4, 0.5) is 11.6 Å². The van der Waals surface area contributed by atoms with Gasteiger partial charge in [0, 0.05) is 24.1 Å². The number of H-pyrrole nitrogens is 1. The number of aryl methyl sites for hydroxylation is 1. The summed E-state index contributed by atoms with van der Waals surface area (Å²) in [6, 6.07) is 3.04. The molecule has 0 saturated heterocycles. The molecule has 2 N–H and O–H groups in total. The van der Waals surface area contributed by atoms with Crippen molar-refractivity contribution in [3.63, 3.8) is 0 Å². The molecule has 0 amide bonds. The third-order valence-electron chi connectivity index (χ3n) is 2.02. The number of hydrogen-bond acceptors (Lipinski definition) is 6. The Labute approximate surface area is 109 Å². The van der Waals surface area contributed by atoms with Gasteiger partial charge >= 0.3 is 0 Å². The Morgan fingerprint density at radius 3 is 2.56 bits per heavy atom. The Morgan fingerprint density at radius 1 is 1.28 bits per heavy atom. The molecular weight excluding hydrogens is 278 g/mol. The first kappa shape index (κ1) is 12.8. The third kappa shape index (κ3) is 2.96. The van der Waals surface area contributed by atoms with Gasteiger partial charge in [-0.1, -0.05) is 0 Å². The molecule has 7 nitrogen and oxygen atoms in total. The van der Waals surface area contributed by atoms with Crippen molar-refractivity contribution in [2.75, 3.05) is 11.6 Å². The summed E-state index contributed by atoms with van der Waals surface area (Å²) >= 11 is 5.67. The maximum atomic E-state index is 11.4. The number of sulfone groups is 1. The fourth-order valence-corrected chi connectivity index (χ4v) is 2.07. The quantitative estimate of drug-likeness (QED) is 0.652. The van der Waals surface area contributed by atoms with Gasteiger partial charge in [-0.25, -0.2) is 18.4 Å². The standard InChI is InChI=1S/C9H10ClN5O2S/c1-5-3-7(15-14-5)11-6-4-8(18(2,16)17)13-9(10)12-6/h3-4H,1-2H3,(H2,11,12,13,14,15). The molecule has 0 bridgehead atoms. The zero-order valence-corrected chi connectivity index (χ0v) is 11.2. The molecule has 0 fully saturated rings. The van der Waals surface area contributed by atoms with Crippen LogP contribution in [-0.2, 0) is 9.84 Å². The van der Waals surface area contributed by atoms with Crippen molar-refractivity contribution in [3.8, 4) is 0 Å². The second-order valence-electron chi connectivity index (χ2n) is 3.69. The summed E-state index contributed by atoms with van der Waals surface area (Å²) in [5.41, 5.74) is 0.862. The second kappa shape index (κ2) is 4.54. The average Bonchev–Trinajstić information content (AvgIpc) is 2.61. The van der Waals surface area contributed by atoms with Gasteiger partial charge in [0.2, 0.25) is 5.28 Å². The second-order valence-corrected chi connectivity index (χ2v) is 5.99. The number of hydrogen-bond donors (Lipinski definition) is 2. The van der Waals surface area contributed by atoms with Gasteiger partial charge < -0.3 is 5.32 Å². The van der Waals surface area contributed by atoms with Crippen LogP contribution < -0.4 is 5.32 Å². The predicted molar refractivity (Wildman–Crippen MR) is 66.8 cm³/mol. The largest absolute Gasteiger partial charge is 0.323 e. The molecule has 0 aliphatic heterocycles. The van der Waals surface area contributed by atoms with Crippen LogP contribution in [0.2, 0.25) is 5.28 Å². The summed E-state index contributed by atoms with van der Waals surface area (Å²) in [6.07, 6.45) is 1.05. The van der Waals surface area contributed by atoms with E-state index >= 15 is 0 Å². The molecule has 2 rings (SSSR count). The molecule has 2 aromatic rings. The highest BCUT2D eigenvalue weighted by atomic mass is 35.5. The molecule has 0 spiro atoms. The minimum Gasteiger partial charge on any atom is -0.323 e. The zero-order chi connectivity index (χ0) is 13.3. The van der Waals surface area contributed by atoms with Crippen molar-refractivity contribution < 1.29 is 8.42 Å². The van der Waals surface area contributed by atoms with Crippen molar-refractivity contribution in [3.05, 3.63) is 23.1 Å². The van der Waals surface area contributed by atoms with Gasteiger partial charge in [0.1, 0.15) is 5.82 Å². The number of rotatable bonds is 3. The van der Waals surface area contributed by atoms with Crippen LogP contribution in [0.3, 0.4) is 0 Å². The minimum atomic E-state index is -3.44. The van der Waals surface area contributed by atoms with Crippen LogP contribution in [0.25, 0.3) is 0 Å². The lowest BCUT2D eigenvalue weighted by molar-refractivity contribution is 0.598. The first-order valence-corrected chi connectivity index (χ1v) is 7.15. The lowest BCUT2D eigenvalue weighted by Gasteiger charge is -2.04. The number of aromatic amines is 1. The van der Waals surface area contributed by atoms with E-state index < -0.39 is 9.84 Å². The molecule has 0 atom stereocenters. The Hall–Kier alpha value is -1.67. The minimum absolute atomic E-state index is 0.141. The molecule has 0 aromatic carbocycles. The maximum Gasteiger partial charge on any atom is 0.225 e. The predicted octanol–water partition coefficient (Wildman–Crippen LogP) is 1.31. The summed E-state index contributed by atoms with van der Waals surface area (Å²) in [5.74, 6) is 0.781. The van der Waals surface area contributed by atoms with E-state index in [9.17, 15) is 8.42 Å². The van der Waals surface area contributed by atoms with Crippen LogP contribution in [0.15, 0.2) is 17.2 Å². The van der Waals surface area contributed by atoms with Crippen LogP contribution >= 0.6 is 11.6 Å². The molecule has 18 heavy (non-hydrogen) atoms. The third-order valence-corrected chi connectivity index (χ3v) is 3.16. The molecule has 0 aliphatic rings. The topological polar surface area (TPSA) is 101 Å². The van der Waals surface area contributed by atoms with E-state index in [-0.39, 0.29) is 16.1 Å². The van der Waals surface area contributed by atoms with Gasteiger partial charge in [0.25, 0.3) is 0 Å². The van der Waals surface area contributed by atoms with Crippen molar-refractivity contribution >= 4 is 33.1 Å². The smallest absolute Gasteiger partial charge is 0.225 e. The van der Waals surface area contributed by atoms with E-state index in [1.807, 2.05) is 6.92 Å². The van der Waals surface area contributed by atoms with Gasteiger partial charge in [-0.15, -0.1) is 0 Å². The van der Waals surface area contributed by atoms with Crippen LogP contribution in [0.1, 0.15) is 5.69 Å². The van der Waals surface area contributed by atoms with Crippen LogP contribution in [0.5, 0.6) is 0 Å². The molecule has 9 heteroatoms. The Morgan fingerprint density at radius 2 is 2.00 bits per heavy atom. The summed E-state index contributed by atoms with van der Waals surface area (Å²) in [6.45, 7) is 1.84. The molecule has 0 aliphatic carbocycles. The van der Waals surface area contributed by atoms with Crippen LogP contribution in [0, 0.1) is 6.92 Å². The number of nitrogens with one attached hydrogen (secondary N) is 2. The summed E-state index contributed by atoms with van der Waals surface area (Å²) in [5, 5.41) is 9.23. The fraction of sp³-hybridized carbons (Fsp3) is 0.222. The number of anilines is 2. The number of halogens is 1. The van der Waals surface area contributed by atoms with Crippen molar-refractivity contribution in [2.24, 2.45) is 0 Å². The van der Waals surface area contributed by atoms with E-state index in [1.54, 1.807) is 6.07 Å². The van der Waals surface area contributed by atoms with E-state index in [1.165, 1.54) is 6.07 Å². The summed E-state index contributed by atoms with van der Waals surface area (Å²) < 4.78 is 22.8. The van der Waals surface area contributed by atoms with Crippen molar-refractivity contribution in [1.82, 2.24) is 20.2 Å². The summed E-state index contributed by atoms with van der Waals surface area (Å²) in [7, 11) is -3.44. The van der Waals surface area contributed by atoms with Gasteiger partial charge in [-0.2, -0.15) is 5.10 Å².